The Morgan fingerprint density at radius 1 is 1.00 bits per heavy atom. The van der Waals surface area contributed by atoms with Gasteiger partial charge in [-0.05, 0) is 42.5 Å². The van der Waals surface area contributed by atoms with E-state index in [1.54, 1.807) is 43.6 Å². The van der Waals surface area contributed by atoms with Crippen LogP contribution < -0.4 is 9.64 Å². The van der Waals surface area contributed by atoms with Crippen molar-refractivity contribution in [2.24, 2.45) is 0 Å². The number of nitro benzene ring substituents is 1. The fourth-order valence-corrected chi connectivity index (χ4v) is 3.06. The van der Waals surface area contributed by atoms with Gasteiger partial charge in [0.15, 0.2) is 0 Å². The number of nitrogens with one attached hydrogen (secondary N) is 1. The van der Waals surface area contributed by atoms with Gasteiger partial charge in [-0.15, -0.1) is 0 Å². The van der Waals surface area contributed by atoms with Gasteiger partial charge in [0.05, 0.1) is 10.5 Å². The lowest BCUT2D eigenvalue weighted by atomic mass is 10.1. The maximum absolute atomic E-state index is 13.0. The van der Waals surface area contributed by atoms with Crippen LogP contribution in [0, 0.1) is 10.1 Å². The van der Waals surface area contributed by atoms with Crippen molar-refractivity contribution < 1.29 is 14.5 Å². The molecule has 7 nitrogen and oxygen atoms in total. The molecule has 1 aromatic heterocycles. The van der Waals surface area contributed by atoms with E-state index in [4.69, 9.17) is 4.74 Å². The number of hydrogen-bond donors (Lipinski definition) is 1. The molecular formula is C22H17N3O4. The van der Waals surface area contributed by atoms with E-state index in [-0.39, 0.29) is 11.6 Å². The number of amides is 1. The molecule has 29 heavy (non-hydrogen) atoms. The van der Waals surface area contributed by atoms with E-state index in [9.17, 15) is 14.9 Å². The number of para-hydroxylation sites is 1. The van der Waals surface area contributed by atoms with Gasteiger partial charge in [0.25, 0.3) is 11.6 Å². The van der Waals surface area contributed by atoms with Crippen LogP contribution >= 0.6 is 0 Å². The van der Waals surface area contributed by atoms with Gasteiger partial charge in [-0.1, -0.05) is 18.2 Å². The molecule has 0 fully saturated rings. The number of non-ortho nitro benzene ring substituents is 1. The summed E-state index contributed by atoms with van der Waals surface area (Å²) in [6, 6.07) is 21.0. The van der Waals surface area contributed by atoms with E-state index in [0.717, 1.165) is 5.75 Å². The van der Waals surface area contributed by atoms with Crippen LogP contribution in [0.3, 0.4) is 0 Å². The Bertz CT molecular complexity index is 1180. The van der Waals surface area contributed by atoms with Crippen LogP contribution in [0.2, 0.25) is 0 Å². The minimum atomic E-state index is -0.476. The molecule has 0 saturated heterocycles. The van der Waals surface area contributed by atoms with Gasteiger partial charge >= 0.3 is 0 Å². The number of carbonyl (C=O) groups excluding carboxylic acids is 1. The molecule has 1 N–H and O–H groups in total. The second-order valence-corrected chi connectivity index (χ2v) is 6.46. The summed E-state index contributed by atoms with van der Waals surface area (Å²) in [5, 5.41) is 11.6. The maximum atomic E-state index is 13.0. The SMILES string of the molecule is CN(C(=O)c1c[nH]c2ccc([N+](=O)[O-])cc12)c1ccc(Oc2ccccc2)cc1. The zero-order valence-corrected chi connectivity index (χ0v) is 15.5. The Kier molecular flexibility index (Phi) is 4.70. The number of H-pyrrole nitrogens is 1. The molecule has 0 spiro atoms. The number of benzene rings is 3. The Morgan fingerprint density at radius 3 is 2.38 bits per heavy atom. The molecule has 0 unspecified atom stereocenters. The first kappa shape index (κ1) is 18.2. The first-order valence-electron chi connectivity index (χ1n) is 8.89. The highest BCUT2D eigenvalue weighted by Gasteiger charge is 2.19. The largest absolute Gasteiger partial charge is 0.457 e. The zero-order valence-electron chi connectivity index (χ0n) is 15.5. The summed E-state index contributed by atoms with van der Waals surface area (Å²) in [7, 11) is 1.66. The van der Waals surface area contributed by atoms with Crippen LogP contribution in [-0.2, 0) is 0 Å². The summed E-state index contributed by atoms with van der Waals surface area (Å²) >= 11 is 0. The Morgan fingerprint density at radius 2 is 1.69 bits per heavy atom. The minimum Gasteiger partial charge on any atom is -0.457 e. The highest BCUT2D eigenvalue weighted by molar-refractivity contribution is 6.14. The van der Waals surface area contributed by atoms with Gasteiger partial charge in [0, 0.05) is 42.0 Å². The van der Waals surface area contributed by atoms with Crippen molar-refractivity contribution in [3.05, 3.63) is 94.7 Å². The fourth-order valence-electron chi connectivity index (χ4n) is 3.06. The van der Waals surface area contributed by atoms with Crippen molar-refractivity contribution in [3.63, 3.8) is 0 Å². The summed E-state index contributed by atoms with van der Waals surface area (Å²) < 4.78 is 5.77. The molecule has 0 aliphatic rings. The molecule has 0 atom stereocenters. The summed E-state index contributed by atoms with van der Waals surface area (Å²) in [5.41, 5.74) is 1.65. The Labute approximate surface area is 166 Å². The number of carbonyl (C=O) groups is 1. The average molecular weight is 387 g/mol. The number of rotatable bonds is 5. The molecule has 4 rings (SSSR count). The third kappa shape index (κ3) is 3.66. The van der Waals surface area contributed by atoms with Crippen molar-refractivity contribution in [1.82, 2.24) is 4.98 Å². The molecule has 0 saturated carbocycles. The maximum Gasteiger partial charge on any atom is 0.270 e. The van der Waals surface area contributed by atoms with Gasteiger partial charge in [0.1, 0.15) is 11.5 Å². The van der Waals surface area contributed by atoms with Crippen molar-refractivity contribution >= 4 is 28.2 Å². The third-order valence-electron chi connectivity index (χ3n) is 4.61. The van der Waals surface area contributed by atoms with Gasteiger partial charge in [-0.3, -0.25) is 14.9 Å². The molecule has 7 heteroatoms. The molecule has 0 bridgehead atoms. The molecule has 1 amide bonds. The van der Waals surface area contributed by atoms with Crippen molar-refractivity contribution in [2.45, 2.75) is 0 Å². The average Bonchev–Trinajstić information content (AvgIpc) is 3.17. The van der Waals surface area contributed by atoms with Crippen LogP contribution in [0.5, 0.6) is 11.5 Å². The topological polar surface area (TPSA) is 88.5 Å². The predicted molar refractivity (Wildman–Crippen MR) is 111 cm³/mol. The number of anilines is 1. The molecule has 144 valence electrons. The molecule has 1 heterocycles. The lowest BCUT2D eigenvalue weighted by Crippen LogP contribution is -2.25. The number of hydrogen-bond acceptors (Lipinski definition) is 4. The van der Waals surface area contributed by atoms with Crippen LogP contribution in [0.1, 0.15) is 10.4 Å². The number of nitro groups is 1. The number of ether oxygens (including phenoxy) is 1. The van der Waals surface area contributed by atoms with E-state index in [1.165, 1.54) is 17.0 Å². The van der Waals surface area contributed by atoms with Crippen molar-refractivity contribution in [1.29, 1.82) is 0 Å². The standard InChI is InChI=1S/C22H17N3O4/c1-24(15-7-10-18(11-8-15)29-17-5-3-2-4-6-17)22(26)20-14-23-21-12-9-16(25(27)28)13-19(20)21/h2-14,23H,1H3. The molecule has 4 aromatic rings. The number of aromatic nitrogens is 1. The minimum absolute atomic E-state index is 0.0591. The number of aromatic amines is 1. The van der Waals surface area contributed by atoms with Gasteiger partial charge in [0.2, 0.25) is 0 Å². The summed E-state index contributed by atoms with van der Waals surface area (Å²) in [6.07, 6.45) is 1.57. The lowest BCUT2D eigenvalue weighted by Gasteiger charge is -2.17. The second kappa shape index (κ2) is 7.47. The lowest BCUT2D eigenvalue weighted by molar-refractivity contribution is -0.384. The van der Waals surface area contributed by atoms with E-state index in [2.05, 4.69) is 4.98 Å². The van der Waals surface area contributed by atoms with Crippen LogP contribution in [-0.4, -0.2) is 22.9 Å². The van der Waals surface area contributed by atoms with Gasteiger partial charge in [-0.2, -0.15) is 0 Å². The Hall–Kier alpha value is -4.13. The van der Waals surface area contributed by atoms with Gasteiger partial charge < -0.3 is 14.6 Å². The summed E-state index contributed by atoms with van der Waals surface area (Å²) in [4.78, 5) is 28.0. The Balaban J connectivity index is 1.57. The second-order valence-electron chi connectivity index (χ2n) is 6.46. The number of fused-ring (bicyclic) bond motifs is 1. The van der Waals surface area contributed by atoms with Crippen molar-refractivity contribution in [2.75, 3.05) is 11.9 Å². The molecule has 0 radical (unpaired) electrons. The first-order valence-corrected chi connectivity index (χ1v) is 8.89. The summed E-state index contributed by atoms with van der Waals surface area (Å²) in [5.74, 6) is 1.11. The summed E-state index contributed by atoms with van der Waals surface area (Å²) in [6.45, 7) is 0. The molecule has 0 aliphatic heterocycles. The van der Waals surface area contributed by atoms with E-state index >= 15 is 0 Å². The number of nitrogens with zero attached hydrogens (tertiary/aromatic N) is 2. The quantitative estimate of drug-likeness (QED) is 0.379. The zero-order chi connectivity index (χ0) is 20.4. The highest BCUT2D eigenvalue weighted by Crippen LogP contribution is 2.27. The molecule has 0 aliphatic carbocycles. The van der Waals surface area contributed by atoms with Crippen LogP contribution in [0.25, 0.3) is 10.9 Å². The van der Waals surface area contributed by atoms with Gasteiger partial charge in [-0.25, -0.2) is 0 Å². The molecular weight excluding hydrogens is 370 g/mol. The smallest absolute Gasteiger partial charge is 0.270 e. The van der Waals surface area contributed by atoms with Crippen LogP contribution in [0.4, 0.5) is 11.4 Å². The van der Waals surface area contributed by atoms with E-state index in [0.29, 0.717) is 27.9 Å². The van der Waals surface area contributed by atoms with E-state index < -0.39 is 4.92 Å². The normalized spacial score (nSPS) is 10.7. The third-order valence-corrected chi connectivity index (χ3v) is 4.61. The highest BCUT2D eigenvalue weighted by atomic mass is 16.6. The van der Waals surface area contributed by atoms with Crippen LogP contribution in [0.15, 0.2) is 79.0 Å². The monoisotopic (exact) mass is 387 g/mol. The van der Waals surface area contributed by atoms with Crippen molar-refractivity contribution in [3.8, 4) is 11.5 Å². The molecule has 3 aromatic carbocycles. The van der Waals surface area contributed by atoms with E-state index in [1.807, 2.05) is 30.3 Å². The first-order chi connectivity index (χ1) is 14.0. The fraction of sp³-hybridized carbons (Fsp3) is 0.0455. The predicted octanol–water partition coefficient (Wildman–Crippen LogP) is 5.15.